The van der Waals surface area contributed by atoms with Crippen LogP contribution in [0.5, 0.6) is 17.6 Å². The normalized spacial score (nSPS) is 24.2. The zero-order chi connectivity index (χ0) is 36.0. The SMILES string of the molecule is C#Cc1c(F)ccc2cc(O)cc(-c3nc(OC)c4c(N5CC6CCC(C5)N6)nc(OCC5(CN6CCC7(CC6)CC(F)(F)C7)CC5)nc4c3F)c12. The van der Waals surface area contributed by atoms with Crippen LogP contribution in [-0.4, -0.2) is 89.4 Å². The molecule has 5 fully saturated rings. The number of piperazine rings is 1. The number of nitrogens with zero attached hydrogens (tertiary/aromatic N) is 5. The Morgan fingerprint density at radius 1 is 1.00 bits per heavy atom. The number of halogens is 4. The predicted octanol–water partition coefficient (Wildman–Crippen LogP) is 6.43. The molecule has 2 N–H and O–H groups in total. The van der Waals surface area contributed by atoms with E-state index in [1.807, 2.05) is 0 Å². The maximum absolute atomic E-state index is 17.1. The van der Waals surface area contributed by atoms with E-state index in [-0.39, 0.29) is 86.5 Å². The quantitative estimate of drug-likeness (QED) is 0.158. The standard InChI is InChI=1S/C39H40F4N6O3/c1-3-26-28(40)7-4-22-14-25(50)15-27(29(22)26)32-31(41)33-30(35(45-32)51-2)34(49-16-23-5-6-24(17-49)44-23)47-36(46-33)52-21-38(8-9-38)20-48-12-10-37(11-13-48)18-39(42,43)19-37/h1,4,7,14-15,23-24,44,50H,5-6,8-13,16-21H2,2H3. The van der Waals surface area contributed by atoms with Gasteiger partial charge in [0.05, 0.1) is 19.3 Å². The van der Waals surface area contributed by atoms with Crippen LogP contribution in [0.2, 0.25) is 0 Å². The number of nitrogens with one attached hydrogen (secondary N) is 1. The molecule has 4 aromatic rings. The van der Waals surface area contributed by atoms with Crippen LogP contribution in [0.1, 0.15) is 56.9 Å². The van der Waals surface area contributed by atoms with Gasteiger partial charge in [0.1, 0.15) is 34.0 Å². The highest BCUT2D eigenvalue weighted by Crippen LogP contribution is 2.58. The number of pyridine rings is 1. The highest BCUT2D eigenvalue weighted by Gasteiger charge is 2.57. The van der Waals surface area contributed by atoms with E-state index in [1.54, 1.807) is 0 Å². The van der Waals surface area contributed by atoms with Gasteiger partial charge in [-0.15, -0.1) is 6.42 Å². The molecule has 2 aliphatic carbocycles. The molecule has 2 aromatic heterocycles. The zero-order valence-electron chi connectivity index (χ0n) is 29.0. The van der Waals surface area contributed by atoms with Crippen molar-refractivity contribution in [2.24, 2.45) is 10.8 Å². The average molecular weight is 717 g/mol. The van der Waals surface area contributed by atoms with Gasteiger partial charge in [-0.05, 0) is 80.6 Å². The summed E-state index contributed by atoms with van der Waals surface area (Å²) in [6.45, 7) is 3.97. The molecule has 52 heavy (non-hydrogen) atoms. The Kier molecular flexibility index (Phi) is 7.76. The topological polar surface area (TPSA) is 95.9 Å². The molecule has 5 heterocycles. The minimum Gasteiger partial charge on any atom is -0.508 e. The van der Waals surface area contributed by atoms with Crippen LogP contribution in [-0.2, 0) is 0 Å². The number of ether oxygens (including phenoxy) is 2. The van der Waals surface area contributed by atoms with E-state index in [0.29, 0.717) is 30.9 Å². The van der Waals surface area contributed by atoms with E-state index in [0.717, 1.165) is 58.2 Å². The summed E-state index contributed by atoms with van der Waals surface area (Å²) < 4.78 is 71.6. The zero-order valence-corrected chi connectivity index (χ0v) is 29.0. The molecule has 3 aliphatic heterocycles. The van der Waals surface area contributed by atoms with Gasteiger partial charge in [-0.2, -0.15) is 9.97 Å². The van der Waals surface area contributed by atoms with Crippen LogP contribution in [0.4, 0.5) is 23.4 Å². The Labute approximate surface area is 298 Å². The van der Waals surface area contributed by atoms with Crippen LogP contribution in [0.25, 0.3) is 32.9 Å². The molecule has 272 valence electrons. The van der Waals surface area contributed by atoms with Crippen molar-refractivity contribution in [1.29, 1.82) is 0 Å². The lowest BCUT2D eigenvalue weighted by Gasteiger charge is -2.52. The number of rotatable bonds is 8. The van der Waals surface area contributed by atoms with Crippen molar-refractivity contribution in [1.82, 2.24) is 25.2 Å². The van der Waals surface area contributed by atoms with E-state index in [1.165, 1.54) is 31.4 Å². The van der Waals surface area contributed by atoms with Crippen molar-refractivity contribution in [3.63, 3.8) is 0 Å². The van der Waals surface area contributed by atoms with Crippen molar-refractivity contribution in [2.45, 2.75) is 69.4 Å². The number of hydrogen-bond donors (Lipinski definition) is 2. The number of phenolic OH excluding ortho intramolecular Hbond substituents is 1. The highest BCUT2D eigenvalue weighted by molar-refractivity contribution is 6.04. The van der Waals surface area contributed by atoms with E-state index < -0.39 is 17.6 Å². The maximum Gasteiger partial charge on any atom is 0.319 e. The molecule has 9 nitrogen and oxygen atoms in total. The number of piperidine rings is 1. The van der Waals surface area contributed by atoms with Crippen LogP contribution >= 0.6 is 0 Å². The fourth-order valence-electron chi connectivity index (χ4n) is 9.25. The third kappa shape index (κ3) is 5.75. The number of methoxy groups -OCH3 is 1. The second-order valence-corrected chi connectivity index (χ2v) is 15.8. The van der Waals surface area contributed by atoms with Gasteiger partial charge in [-0.3, -0.25) is 0 Å². The van der Waals surface area contributed by atoms with Crippen LogP contribution in [0, 0.1) is 34.8 Å². The third-order valence-electron chi connectivity index (χ3n) is 12.1. The van der Waals surface area contributed by atoms with E-state index >= 15 is 4.39 Å². The predicted molar refractivity (Wildman–Crippen MR) is 188 cm³/mol. The van der Waals surface area contributed by atoms with Gasteiger partial charge in [-0.25, -0.2) is 22.5 Å². The van der Waals surface area contributed by atoms with Gasteiger partial charge in [0.2, 0.25) is 11.8 Å². The van der Waals surface area contributed by atoms with E-state index in [4.69, 9.17) is 20.9 Å². The van der Waals surface area contributed by atoms with Crippen LogP contribution < -0.4 is 19.7 Å². The van der Waals surface area contributed by atoms with Crippen LogP contribution in [0.3, 0.4) is 0 Å². The number of aromatic nitrogens is 3. The summed E-state index contributed by atoms with van der Waals surface area (Å²) >= 11 is 0. The first-order valence-corrected chi connectivity index (χ1v) is 18.1. The van der Waals surface area contributed by atoms with Crippen molar-refractivity contribution in [2.75, 3.05) is 51.3 Å². The molecule has 9 rings (SSSR count). The van der Waals surface area contributed by atoms with E-state index in [9.17, 15) is 18.3 Å². The number of aromatic hydroxyl groups is 1. The summed E-state index contributed by atoms with van der Waals surface area (Å²) in [4.78, 5) is 18.6. The molecule has 13 heteroatoms. The molecule has 0 amide bonds. The third-order valence-corrected chi connectivity index (χ3v) is 12.1. The second-order valence-electron chi connectivity index (χ2n) is 15.8. The van der Waals surface area contributed by atoms with Crippen molar-refractivity contribution >= 4 is 27.5 Å². The first kappa shape index (κ1) is 33.4. The lowest BCUT2D eigenvalue weighted by Crippen LogP contribution is -2.53. The number of fused-ring (bicyclic) bond motifs is 4. The number of anilines is 1. The Morgan fingerprint density at radius 2 is 1.73 bits per heavy atom. The second kappa shape index (κ2) is 12.1. The Balaban J connectivity index is 1.09. The average Bonchev–Trinajstić information content (AvgIpc) is 3.80. The Bertz CT molecular complexity index is 2120. The summed E-state index contributed by atoms with van der Waals surface area (Å²) in [7, 11) is 1.43. The molecule has 0 radical (unpaired) electrons. The number of likely N-dealkylation sites (tertiary alicyclic amines) is 1. The van der Waals surface area contributed by atoms with Gasteiger partial charge in [-0.1, -0.05) is 12.0 Å². The molecule has 2 bridgehead atoms. The van der Waals surface area contributed by atoms with Gasteiger partial charge >= 0.3 is 6.01 Å². The Hall–Kier alpha value is -4.41. The van der Waals surface area contributed by atoms with Gasteiger partial charge in [0.15, 0.2) is 5.82 Å². The fourth-order valence-corrected chi connectivity index (χ4v) is 9.25. The first-order chi connectivity index (χ1) is 25.0. The molecule has 2 aromatic carbocycles. The van der Waals surface area contributed by atoms with Crippen molar-refractivity contribution in [3.05, 3.63) is 41.5 Å². The molecule has 2 saturated carbocycles. The van der Waals surface area contributed by atoms with Crippen molar-refractivity contribution < 1.29 is 32.1 Å². The summed E-state index contributed by atoms with van der Waals surface area (Å²) in [5.74, 6) is -1.27. The Morgan fingerprint density at radius 3 is 2.38 bits per heavy atom. The highest BCUT2D eigenvalue weighted by atomic mass is 19.3. The molecular formula is C39H40F4N6O3. The minimum absolute atomic E-state index is 0.000496. The summed E-state index contributed by atoms with van der Waals surface area (Å²) in [6.07, 6.45) is 11.2. The number of phenols is 1. The van der Waals surface area contributed by atoms with Crippen molar-refractivity contribution in [3.8, 4) is 41.2 Å². The van der Waals surface area contributed by atoms with E-state index in [2.05, 4.69) is 31.0 Å². The van der Waals surface area contributed by atoms with Crippen LogP contribution in [0.15, 0.2) is 24.3 Å². The molecule has 5 aliphatic rings. The van der Waals surface area contributed by atoms with Gasteiger partial charge in [0, 0.05) is 60.9 Å². The fraction of sp³-hybridized carbons (Fsp3) is 0.513. The molecule has 2 atom stereocenters. The smallest absolute Gasteiger partial charge is 0.319 e. The number of hydrogen-bond acceptors (Lipinski definition) is 9. The van der Waals surface area contributed by atoms with Gasteiger partial charge < -0.3 is 29.7 Å². The van der Waals surface area contributed by atoms with Gasteiger partial charge in [0.25, 0.3) is 0 Å². The lowest BCUT2D eigenvalue weighted by molar-refractivity contribution is -0.178. The monoisotopic (exact) mass is 716 g/mol. The largest absolute Gasteiger partial charge is 0.508 e. The minimum atomic E-state index is -2.52. The molecule has 3 saturated heterocycles. The maximum atomic E-state index is 17.1. The summed E-state index contributed by atoms with van der Waals surface area (Å²) in [5.41, 5.74) is -0.627. The number of terminal acetylenes is 1. The lowest BCUT2D eigenvalue weighted by atomic mass is 9.61. The molecular weight excluding hydrogens is 676 g/mol. The number of alkyl halides is 2. The summed E-state index contributed by atoms with van der Waals surface area (Å²) in [6, 6.07) is 5.93. The summed E-state index contributed by atoms with van der Waals surface area (Å²) in [5, 5.41) is 15.2. The first-order valence-electron chi connectivity index (χ1n) is 18.1. The molecule has 1 spiro atoms. The number of benzene rings is 2. The molecule has 2 unspecified atom stereocenters.